The Kier molecular flexibility index (Phi) is 7.24. The maximum Gasteiger partial charge on any atom is 0.331 e. The van der Waals surface area contributed by atoms with Crippen molar-refractivity contribution < 1.29 is 33.1 Å². The van der Waals surface area contributed by atoms with Crippen LogP contribution >= 0.6 is 0 Å². The van der Waals surface area contributed by atoms with Crippen molar-refractivity contribution >= 4 is 29.3 Å². The normalized spacial score (nSPS) is 10.4. The number of nitro groups is 1. The smallest absolute Gasteiger partial charge is 0.331 e. The Hall–Kier alpha value is -3.95. The number of anilines is 1. The van der Waals surface area contributed by atoms with Gasteiger partial charge in [-0.15, -0.1) is 0 Å². The van der Waals surface area contributed by atoms with E-state index in [9.17, 15) is 24.1 Å². The van der Waals surface area contributed by atoms with E-state index in [1.807, 2.05) is 0 Å². The first-order chi connectivity index (χ1) is 13.8. The maximum atomic E-state index is 13.1. The fraction of sp³-hybridized carbons (Fsp3) is 0.158. The zero-order chi connectivity index (χ0) is 21.4. The molecule has 9 nitrogen and oxygen atoms in total. The molecule has 0 saturated carbocycles. The van der Waals surface area contributed by atoms with Crippen LogP contribution in [0.3, 0.4) is 0 Å². The summed E-state index contributed by atoms with van der Waals surface area (Å²) < 4.78 is 28.2. The zero-order valence-corrected chi connectivity index (χ0v) is 15.5. The molecule has 0 radical (unpaired) electrons. The molecule has 0 heterocycles. The SMILES string of the molecule is COc1ccc(C=CC(=O)OCC(=O)Nc2ccc(F)cc2[N+](=O)[O-])cc1OC. The molecule has 0 aliphatic rings. The highest BCUT2D eigenvalue weighted by Crippen LogP contribution is 2.28. The molecular formula is C19H17FN2O7. The Labute approximate surface area is 164 Å². The first-order valence-electron chi connectivity index (χ1n) is 8.14. The summed E-state index contributed by atoms with van der Waals surface area (Å²) in [5.74, 6) is -1.43. The van der Waals surface area contributed by atoms with Gasteiger partial charge in [0.15, 0.2) is 18.1 Å². The van der Waals surface area contributed by atoms with Gasteiger partial charge in [-0.25, -0.2) is 9.18 Å². The van der Waals surface area contributed by atoms with Gasteiger partial charge in [-0.3, -0.25) is 14.9 Å². The Morgan fingerprint density at radius 3 is 2.52 bits per heavy atom. The Morgan fingerprint density at radius 2 is 1.86 bits per heavy atom. The Balaban J connectivity index is 1.93. The molecule has 152 valence electrons. The van der Waals surface area contributed by atoms with Gasteiger partial charge >= 0.3 is 5.97 Å². The Morgan fingerprint density at radius 1 is 1.14 bits per heavy atom. The first-order valence-corrected chi connectivity index (χ1v) is 8.14. The molecule has 0 spiro atoms. The Bertz CT molecular complexity index is 960. The summed E-state index contributed by atoms with van der Waals surface area (Å²) in [7, 11) is 2.97. The van der Waals surface area contributed by atoms with Gasteiger partial charge in [0.05, 0.1) is 25.2 Å². The second-order valence-corrected chi connectivity index (χ2v) is 5.52. The third-order valence-electron chi connectivity index (χ3n) is 3.60. The van der Waals surface area contributed by atoms with Crippen molar-refractivity contribution in [1.82, 2.24) is 0 Å². The summed E-state index contributed by atoms with van der Waals surface area (Å²) in [6, 6.07) is 7.67. The van der Waals surface area contributed by atoms with Crippen LogP contribution in [0.25, 0.3) is 6.08 Å². The molecule has 0 atom stereocenters. The van der Waals surface area contributed by atoms with Gasteiger partial charge in [0, 0.05) is 6.08 Å². The number of nitro benzene ring substituents is 1. The van der Waals surface area contributed by atoms with Gasteiger partial charge in [0.1, 0.15) is 11.5 Å². The molecular weight excluding hydrogens is 387 g/mol. The second-order valence-electron chi connectivity index (χ2n) is 5.52. The summed E-state index contributed by atoms with van der Waals surface area (Å²) in [4.78, 5) is 33.7. The van der Waals surface area contributed by atoms with Crippen LogP contribution in [0.2, 0.25) is 0 Å². The van der Waals surface area contributed by atoms with E-state index in [0.717, 1.165) is 18.2 Å². The van der Waals surface area contributed by atoms with Crippen LogP contribution in [0.15, 0.2) is 42.5 Å². The van der Waals surface area contributed by atoms with E-state index < -0.39 is 34.9 Å². The number of benzene rings is 2. The number of ether oxygens (including phenoxy) is 3. The standard InChI is InChI=1S/C19H17FN2O7/c1-27-16-7-3-12(9-17(16)28-2)4-8-19(24)29-11-18(23)21-14-6-5-13(20)10-15(14)22(25)26/h3-10H,11H2,1-2H3,(H,21,23). The van der Waals surface area contributed by atoms with Gasteiger partial charge in [-0.1, -0.05) is 6.07 Å². The third kappa shape index (κ3) is 6.03. The third-order valence-corrected chi connectivity index (χ3v) is 3.60. The number of nitrogens with zero attached hydrogens (tertiary/aromatic N) is 1. The summed E-state index contributed by atoms with van der Waals surface area (Å²) in [5.41, 5.74) is -0.192. The molecule has 29 heavy (non-hydrogen) atoms. The van der Waals surface area contributed by atoms with E-state index >= 15 is 0 Å². The van der Waals surface area contributed by atoms with Gasteiger partial charge < -0.3 is 19.5 Å². The van der Waals surface area contributed by atoms with Crippen molar-refractivity contribution in [2.75, 3.05) is 26.1 Å². The van der Waals surface area contributed by atoms with E-state index in [2.05, 4.69) is 5.32 Å². The van der Waals surface area contributed by atoms with Crippen molar-refractivity contribution in [1.29, 1.82) is 0 Å². The number of hydrogen-bond donors (Lipinski definition) is 1. The maximum absolute atomic E-state index is 13.1. The monoisotopic (exact) mass is 404 g/mol. The average Bonchev–Trinajstić information content (AvgIpc) is 2.71. The van der Waals surface area contributed by atoms with E-state index in [0.29, 0.717) is 23.1 Å². The van der Waals surface area contributed by atoms with E-state index in [-0.39, 0.29) is 5.69 Å². The molecule has 2 aromatic carbocycles. The summed E-state index contributed by atoms with van der Waals surface area (Å²) >= 11 is 0. The summed E-state index contributed by atoms with van der Waals surface area (Å²) in [6.45, 7) is -0.677. The molecule has 0 aliphatic carbocycles. The van der Waals surface area contributed by atoms with Crippen molar-refractivity contribution in [3.63, 3.8) is 0 Å². The number of amides is 1. The number of esters is 1. The highest BCUT2D eigenvalue weighted by Gasteiger charge is 2.17. The predicted octanol–water partition coefficient (Wildman–Crippen LogP) is 2.95. The quantitative estimate of drug-likeness (QED) is 0.311. The van der Waals surface area contributed by atoms with Crippen molar-refractivity contribution in [3.05, 3.63) is 64.0 Å². The molecule has 2 aromatic rings. The first kappa shape index (κ1) is 21.4. The molecule has 1 amide bonds. The summed E-state index contributed by atoms with van der Waals surface area (Å²) in [5, 5.41) is 13.1. The number of hydrogen-bond acceptors (Lipinski definition) is 7. The van der Waals surface area contributed by atoms with Crippen LogP contribution in [0.1, 0.15) is 5.56 Å². The number of nitrogens with one attached hydrogen (secondary N) is 1. The lowest BCUT2D eigenvalue weighted by Gasteiger charge is -2.07. The van der Waals surface area contributed by atoms with Crippen molar-refractivity contribution in [2.24, 2.45) is 0 Å². The minimum absolute atomic E-state index is 0.210. The number of rotatable bonds is 8. The van der Waals surface area contributed by atoms with Crippen molar-refractivity contribution in [3.8, 4) is 11.5 Å². The lowest BCUT2D eigenvalue weighted by molar-refractivity contribution is -0.384. The fourth-order valence-corrected chi connectivity index (χ4v) is 2.25. The molecule has 1 N–H and O–H groups in total. The number of carbonyl (C=O) groups excluding carboxylic acids is 2. The van der Waals surface area contributed by atoms with Gasteiger partial charge in [-0.2, -0.15) is 0 Å². The molecule has 0 aromatic heterocycles. The second kappa shape index (κ2) is 9.83. The predicted molar refractivity (Wildman–Crippen MR) is 101 cm³/mol. The van der Waals surface area contributed by atoms with Crippen LogP contribution in [-0.2, 0) is 14.3 Å². The molecule has 10 heteroatoms. The van der Waals surface area contributed by atoms with Crippen LogP contribution in [0.5, 0.6) is 11.5 Å². The number of halogens is 1. The van der Waals surface area contributed by atoms with E-state index in [1.165, 1.54) is 20.3 Å². The average molecular weight is 404 g/mol. The largest absolute Gasteiger partial charge is 0.493 e. The summed E-state index contributed by atoms with van der Waals surface area (Å²) in [6.07, 6.45) is 2.56. The van der Waals surface area contributed by atoms with Crippen LogP contribution < -0.4 is 14.8 Å². The molecule has 0 unspecified atom stereocenters. The minimum Gasteiger partial charge on any atom is -0.493 e. The van der Waals surface area contributed by atoms with E-state index in [1.54, 1.807) is 18.2 Å². The lowest BCUT2D eigenvalue weighted by atomic mass is 10.2. The van der Waals surface area contributed by atoms with Gasteiger partial charge in [0.25, 0.3) is 11.6 Å². The molecule has 0 saturated heterocycles. The van der Waals surface area contributed by atoms with Crippen LogP contribution in [0.4, 0.5) is 15.8 Å². The fourth-order valence-electron chi connectivity index (χ4n) is 2.25. The highest BCUT2D eigenvalue weighted by atomic mass is 19.1. The number of carbonyl (C=O) groups is 2. The highest BCUT2D eigenvalue weighted by molar-refractivity contribution is 5.96. The van der Waals surface area contributed by atoms with Crippen LogP contribution in [0, 0.1) is 15.9 Å². The van der Waals surface area contributed by atoms with E-state index in [4.69, 9.17) is 14.2 Å². The topological polar surface area (TPSA) is 117 Å². The van der Waals surface area contributed by atoms with Gasteiger partial charge in [-0.05, 0) is 35.9 Å². The lowest BCUT2D eigenvalue weighted by Crippen LogP contribution is -2.20. The van der Waals surface area contributed by atoms with Crippen LogP contribution in [-0.4, -0.2) is 37.6 Å². The molecule has 2 rings (SSSR count). The number of methoxy groups -OCH3 is 2. The minimum atomic E-state index is -0.837. The van der Waals surface area contributed by atoms with Crippen molar-refractivity contribution in [2.45, 2.75) is 0 Å². The molecule has 0 fully saturated rings. The zero-order valence-electron chi connectivity index (χ0n) is 15.5. The van der Waals surface area contributed by atoms with Gasteiger partial charge in [0.2, 0.25) is 0 Å². The molecule has 0 aliphatic heterocycles. The molecule has 0 bridgehead atoms.